The zero-order valence-corrected chi connectivity index (χ0v) is 17.1. The molecule has 1 rings (SSSR count). The highest BCUT2D eigenvalue weighted by Gasteiger charge is 2.29. The SMILES string of the molecule is CC(=O)COCC(c1cccn1I)N(I)S(=O)(=O)I. The van der Waals surface area contributed by atoms with Crippen LogP contribution >= 0.6 is 66.9 Å². The molecule has 0 fully saturated rings. The van der Waals surface area contributed by atoms with E-state index in [4.69, 9.17) is 4.74 Å². The van der Waals surface area contributed by atoms with Crippen LogP contribution in [0.4, 0.5) is 0 Å². The number of ketones is 1. The van der Waals surface area contributed by atoms with E-state index in [2.05, 4.69) is 22.9 Å². The number of Topliss-reactive ketones (excluding diaryl/α,β-unsaturated/α-hetero) is 1. The molecule has 1 unspecified atom stereocenters. The minimum Gasteiger partial charge on any atom is -0.372 e. The molecule has 0 bridgehead atoms. The molecular weight excluding hydrogens is 613 g/mol. The fourth-order valence-electron chi connectivity index (χ4n) is 1.34. The van der Waals surface area contributed by atoms with Crippen molar-refractivity contribution in [1.29, 1.82) is 0 Å². The molecule has 1 aromatic rings. The quantitative estimate of drug-likeness (QED) is 0.266. The summed E-state index contributed by atoms with van der Waals surface area (Å²) in [4.78, 5) is 10.9. The number of ether oxygens (including phenoxy) is 1. The lowest BCUT2D eigenvalue weighted by atomic mass is 10.2. The minimum absolute atomic E-state index is 0.0236. The molecule has 0 spiro atoms. The molecule has 0 radical (unpaired) electrons. The first-order valence-corrected chi connectivity index (χ1v) is 10.9. The van der Waals surface area contributed by atoms with Gasteiger partial charge >= 0.3 is 0 Å². The van der Waals surface area contributed by atoms with Crippen LogP contribution in [0, 0.1) is 0 Å². The third-order valence-corrected chi connectivity index (χ3v) is 9.42. The van der Waals surface area contributed by atoms with Gasteiger partial charge in [0.2, 0.25) is 0 Å². The molecule has 1 atom stereocenters. The molecule has 108 valence electrons. The molecule has 6 nitrogen and oxygen atoms in total. The Morgan fingerprint density at radius 1 is 1.58 bits per heavy atom. The summed E-state index contributed by atoms with van der Waals surface area (Å²) in [6.45, 7) is 1.52. The van der Waals surface area contributed by atoms with Crippen LogP contribution in [0.25, 0.3) is 0 Å². The topological polar surface area (TPSA) is 68.6 Å². The van der Waals surface area contributed by atoms with Gasteiger partial charge in [-0.15, -0.1) is 2.52 Å². The molecule has 1 heterocycles. The predicted octanol–water partition coefficient (Wildman–Crippen LogP) is 2.66. The van der Waals surface area contributed by atoms with Crippen LogP contribution in [0.5, 0.6) is 0 Å². The lowest BCUT2D eigenvalue weighted by Gasteiger charge is -2.23. The Morgan fingerprint density at radius 2 is 2.21 bits per heavy atom. The standard InChI is InChI=1S/C9H11I3N2O4S/c1-7(15)5-18-6-9(14(11)19(12,16)17)8-3-2-4-13(8)10/h2-4,9H,5-6H2,1H3. The van der Waals surface area contributed by atoms with E-state index in [0.717, 1.165) is 5.69 Å². The number of hydrogen-bond donors (Lipinski definition) is 0. The van der Waals surface area contributed by atoms with Crippen LogP contribution in [0.2, 0.25) is 0 Å². The van der Waals surface area contributed by atoms with Crippen molar-refractivity contribution in [2.75, 3.05) is 13.2 Å². The van der Waals surface area contributed by atoms with E-state index in [-0.39, 0.29) is 19.0 Å². The van der Waals surface area contributed by atoms with Crippen molar-refractivity contribution in [2.45, 2.75) is 13.0 Å². The molecule has 0 aliphatic heterocycles. The van der Waals surface area contributed by atoms with Gasteiger partial charge in [-0.25, -0.2) is 8.42 Å². The molecule has 0 N–H and O–H groups in total. The van der Waals surface area contributed by atoms with Crippen molar-refractivity contribution in [3.8, 4) is 0 Å². The minimum atomic E-state index is -3.39. The van der Waals surface area contributed by atoms with Gasteiger partial charge in [-0.05, 0) is 19.1 Å². The number of carbonyl (C=O) groups is 1. The van der Waals surface area contributed by atoms with E-state index in [9.17, 15) is 13.2 Å². The van der Waals surface area contributed by atoms with Crippen molar-refractivity contribution in [3.63, 3.8) is 0 Å². The molecule has 0 aliphatic carbocycles. The summed E-state index contributed by atoms with van der Waals surface area (Å²) in [7, 11) is -3.39. The Bertz CT molecular complexity index is 545. The van der Waals surface area contributed by atoms with Crippen LogP contribution in [0.3, 0.4) is 0 Å². The van der Waals surface area contributed by atoms with Crippen LogP contribution in [-0.4, -0.2) is 32.7 Å². The molecule has 0 aromatic carbocycles. The largest absolute Gasteiger partial charge is 0.372 e. The average molecular weight is 624 g/mol. The maximum Gasteiger partial charge on any atom is 0.276 e. The maximum absolute atomic E-state index is 11.6. The molecule has 10 heteroatoms. The summed E-state index contributed by atoms with van der Waals surface area (Å²) in [6, 6.07) is 3.17. The smallest absolute Gasteiger partial charge is 0.276 e. The fraction of sp³-hybridized carbons (Fsp3) is 0.444. The number of aromatic nitrogens is 1. The molecular formula is C9H11I3N2O4S. The van der Waals surface area contributed by atoms with E-state index < -0.39 is 13.2 Å². The summed E-state index contributed by atoms with van der Waals surface area (Å²) >= 11 is 5.18. The molecule has 0 saturated heterocycles. The van der Waals surface area contributed by atoms with Gasteiger partial charge in [0, 0.05) is 34.8 Å². The second-order valence-electron chi connectivity index (χ2n) is 3.66. The number of carbonyl (C=O) groups excluding carboxylic acids is 1. The summed E-state index contributed by atoms with van der Waals surface area (Å²) in [6.07, 6.45) is 1.82. The first-order valence-electron chi connectivity index (χ1n) is 5.04. The summed E-state index contributed by atoms with van der Waals surface area (Å²) in [5.41, 5.74) is 0.791. The number of rotatable bonds is 7. The molecule has 1 aromatic heterocycles. The second kappa shape index (κ2) is 7.86. The average Bonchev–Trinajstić information content (AvgIpc) is 2.68. The van der Waals surface area contributed by atoms with Crippen LogP contribution in [0.1, 0.15) is 18.7 Å². The van der Waals surface area contributed by atoms with E-state index in [1.807, 2.05) is 18.3 Å². The Morgan fingerprint density at radius 3 is 2.63 bits per heavy atom. The number of hydrogen-bond acceptors (Lipinski definition) is 4. The van der Waals surface area contributed by atoms with Crippen LogP contribution in [0.15, 0.2) is 18.3 Å². The zero-order valence-electron chi connectivity index (χ0n) is 9.79. The molecule has 0 aliphatic rings. The van der Waals surface area contributed by atoms with Crippen molar-refractivity contribution >= 4 is 79.9 Å². The second-order valence-corrected chi connectivity index (χ2v) is 11.0. The first-order chi connectivity index (χ1) is 8.73. The first kappa shape index (κ1) is 18.1. The highest BCUT2D eigenvalue weighted by Crippen LogP contribution is 2.31. The monoisotopic (exact) mass is 624 g/mol. The highest BCUT2D eigenvalue weighted by atomic mass is 127. The van der Waals surface area contributed by atoms with Crippen molar-refractivity contribution in [3.05, 3.63) is 24.0 Å². The number of nitrogens with zero attached hydrogens (tertiary/aromatic N) is 2. The zero-order chi connectivity index (χ0) is 14.6. The van der Waals surface area contributed by atoms with Gasteiger partial charge in [0.15, 0.2) is 5.78 Å². The van der Waals surface area contributed by atoms with Gasteiger partial charge in [-0.3, -0.25) is 7.58 Å². The normalized spacial score (nSPS) is 13.7. The van der Waals surface area contributed by atoms with E-state index >= 15 is 0 Å². The van der Waals surface area contributed by atoms with Gasteiger partial charge in [0.1, 0.15) is 12.6 Å². The van der Waals surface area contributed by atoms with Crippen molar-refractivity contribution in [1.82, 2.24) is 5.30 Å². The fourth-order valence-corrected chi connectivity index (χ4v) is 3.75. The van der Waals surface area contributed by atoms with Gasteiger partial charge < -0.3 is 4.74 Å². The van der Waals surface area contributed by atoms with E-state index in [0.29, 0.717) is 0 Å². The molecule has 19 heavy (non-hydrogen) atoms. The summed E-state index contributed by atoms with van der Waals surface area (Å²) in [5, 5.41) is 0. The van der Waals surface area contributed by atoms with Crippen molar-refractivity contribution < 1.29 is 17.9 Å². The molecule has 0 amide bonds. The van der Waals surface area contributed by atoms with Gasteiger partial charge in [0.05, 0.1) is 50.7 Å². The summed E-state index contributed by atoms with van der Waals surface area (Å²) in [5.74, 6) is -0.0963. The lowest BCUT2D eigenvalue weighted by Crippen LogP contribution is -2.27. The Labute approximate surface area is 151 Å². The van der Waals surface area contributed by atoms with Gasteiger partial charge in [0.25, 0.3) is 7.19 Å². The maximum atomic E-state index is 11.6. The Kier molecular flexibility index (Phi) is 7.47. The third-order valence-electron chi connectivity index (χ3n) is 2.11. The molecule has 0 saturated carbocycles. The third kappa shape index (κ3) is 5.72. The van der Waals surface area contributed by atoms with Crippen LogP contribution in [-0.2, 0) is 16.7 Å². The summed E-state index contributed by atoms with van der Waals surface area (Å²) < 4.78 is 31.6. The van der Waals surface area contributed by atoms with Gasteiger partial charge in [-0.1, -0.05) is 0 Å². The van der Waals surface area contributed by atoms with Crippen LogP contribution < -0.4 is 0 Å². The lowest BCUT2D eigenvalue weighted by molar-refractivity contribution is -0.121. The van der Waals surface area contributed by atoms with E-state index in [1.165, 1.54) is 30.6 Å². The van der Waals surface area contributed by atoms with Gasteiger partial charge in [-0.2, -0.15) is 0 Å². The predicted molar refractivity (Wildman–Crippen MR) is 96.9 cm³/mol. The Hall–Kier alpha value is 1.01. The highest BCUT2D eigenvalue weighted by molar-refractivity contribution is 14.2. The van der Waals surface area contributed by atoms with E-state index in [1.54, 1.807) is 25.6 Å². The van der Waals surface area contributed by atoms with Crippen molar-refractivity contribution in [2.24, 2.45) is 0 Å². The number of halogens is 3. The Balaban J connectivity index is 2.92.